The second-order valence-electron chi connectivity index (χ2n) is 4.66. The van der Waals surface area contributed by atoms with Gasteiger partial charge in [-0.2, -0.15) is 0 Å². The summed E-state index contributed by atoms with van der Waals surface area (Å²) in [5.41, 5.74) is 7.01. The van der Waals surface area contributed by atoms with Crippen LogP contribution in [0, 0.1) is 25.5 Å². The molecular weight excluding hydrogens is 298 g/mol. The Hall–Kier alpha value is -2.15. The van der Waals surface area contributed by atoms with Gasteiger partial charge in [-0.3, -0.25) is 4.72 Å². The van der Waals surface area contributed by atoms with Crippen LogP contribution in [-0.2, 0) is 10.0 Å². The molecule has 0 saturated carbocycles. The number of nitrogen functional groups attached to an aromatic ring is 1. The second kappa shape index (κ2) is 5.33. The minimum absolute atomic E-state index is 0.0627. The number of rotatable bonds is 3. The van der Waals surface area contributed by atoms with Crippen molar-refractivity contribution in [2.45, 2.75) is 18.7 Å². The third-order valence-electron chi connectivity index (χ3n) is 3.15. The van der Waals surface area contributed by atoms with Gasteiger partial charge >= 0.3 is 0 Å². The van der Waals surface area contributed by atoms with Crippen molar-refractivity contribution in [2.75, 3.05) is 10.5 Å². The zero-order chi connectivity index (χ0) is 15.8. The van der Waals surface area contributed by atoms with Gasteiger partial charge in [-0.1, -0.05) is 6.07 Å². The monoisotopic (exact) mass is 312 g/mol. The first-order valence-corrected chi connectivity index (χ1v) is 7.54. The summed E-state index contributed by atoms with van der Waals surface area (Å²) in [6, 6.07) is 5.95. The van der Waals surface area contributed by atoms with Crippen LogP contribution < -0.4 is 10.5 Å². The average Bonchev–Trinajstić information content (AvgIpc) is 2.38. The predicted octanol–water partition coefficient (Wildman–Crippen LogP) is 2.96. The highest BCUT2D eigenvalue weighted by Crippen LogP contribution is 2.27. The van der Waals surface area contributed by atoms with Gasteiger partial charge in [-0.05, 0) is 43.2 Å². The van der Waals surface area contributed by atoms with Crippen molar-refractivity contribution in [3.63, 3.8) is 0 Å². The van der Waals surface area contributed by atoms with E-state index < -0.39 is 21.7 Å². The first-order valence-electron chi connectivity index (χ1n) is 6.06. The highest BCUT2D eigenvalue weighted by Gasteiger charge is 2.21. The highest BCUT2D eigenvalue weighted by molar-refractivity contribution is 7.93. The molecule has 0 fully saturated rings. The molecule has 0 aliphatic rings. The van der Waals surface area contributed by atoms with E-state index in [1.54, 1.807) is 19.9 Å². The van der Waals surface area contributed by atoms with E-state index in [1.807, 2.05) is 0 Å². The summed E-state index contributed by atoms with van der Waals surface area (Å²) in [7, 11) is -3.99. The number of hydrogen-bond acceptors (Lipinski definition) is 3. The van der Waals surface area contributed by atoms with Gasteiger partial charge in [-0.25, -0.2) is 17.2 Å². The lowest BCUT2D eigenvalue weighted by atomic mass is 10.1. The molecule has 0 aliphatic heterocycles. The van der Waals surface area contributed by atoms with E-state index in [-0.39, 0.29) is 16.3 Å². The molecule has 0 unspecified atom stereocenters. The van der Waals surface area contributed by atoms with Crippen LogP contribution in [0.1, 0.15) is 11.1 Å². The molecule has 0 amide bonds. The molecule has 2 rings (SSSR count). The SMILES string of the molecule is Cc1ccc(N)c(S(=O)(=O)Nc2ccc(F)c(F)c2)c1C. The van der Waals surface area contributed by atoms with Crippen molar-refractivity contribution < 1.29 is 17.2 Å². The maximum Gasteiger partial charge on any atom is 0.264 e. The van der Waals surface area contributed by atoms with E-state index in [0.29, 0.717) is 5.56 Å². The molecule has 2 aromatic carbocycles. The summed E-state index contributed by atoms with van der Waals surface area (Å²) in [4.78, 5) is -0.0627. The number of hydrogen-bond donors (Lipinski definition) is 2. The normalized spacial score (nSPS) is 11.4. The standard InChI is InChI=1S/C14H14F2N2O2S/c1-8-3-6-13(17)14(9(8)2)21(19,20)18-10-4-5-11(15)12(16)7-10/h3-7,18H,17H2,1-2H3. The first kappa shape index (κ1) is 15.2. The van der Waals surface area contributed by atoms with Crippen LogP contribution in [0.15, 0.2) is 35.2 Å². The molecule has 0 aromatic heterocycles. The van der Waals surface area contributed by atoms with Crippen molar-refractivity contribution in [2.24, 2.45) is 0 Å². The molecule has 0 atom stereocenters. The van der Waals surface area contributed by atoms with Crippen LogP contribution in [0.4, 0.5) is 20.2 Å². The van der Waals surface area contributed by atoms with E-state index in [2.05, 4.69) is 4.72 Å². The summed E-state index contributed by atoms with van der Waals surface area (Å²) >= 11 is 0. The summed E-state index contributed by atoms with van der Waals surface area (Å²) in [6.07, 6.45) is 0. The van der Waals surface area contributed by atoms with Crippen LogP contribution in [0.3, 0.4) is 0 Å². The van der Waals surface area contributed by atoms with E-state index in [4.69, 9.17) is 5.73 Å². The highest BCUT2D eigenvalue weighted by atomic mass is 32.2. The molecule has 2 aromatic rings. The fourth-order valence-corrected chi connectivity index (χ4v) is 3.42. The Morgan fingerprint density at radius 3 is 2.33 bits per heavy atom. The molecule has 0 spiro atoms. The number of aryl methyl sites for hydroxylation is 1. The number of sulfonamides is 1. The van der Waals surface area contributed by atoms with Gasteiger partial charge in [0.2, 0.25) is 0 Å². The average molecular weight is 312 g/mol. The lowest BCUT2D eigenvalue weighted by Gasteiger charge is -2.14. The number of nitrogens with two attached hydrogens (primary N) is 1. The van der Waals surface area contributed by atoms with Crippen molar-refractivity contribution >= 4 is 21.4 Å². The van der Waals surface area contributed by atoms with E-state index in [9.17, 15) is 17.2 Å². The van der Waals surface area contributed by atoms with Gasteiger partial charge in [0.05, 0.1) is 11.4 Å². The first-order chi connectivity index (χ1) is 9.72. The van der Waals surface area contributed by atoms with Crippen LogP contribution in [0.25, 0.3) is 0 Å². The van der Waals surface area contributed by atoms with Crippen LogP contribution >= 0.6 is 0 Å². The van der Waals surface area contributed by atoms with Gasteiger partial charge in [0.25, 0.3) is 10.0 Å². The molecule has 0 saturated heterocycles. The molecule has 21 heavy (non-hydrogen) atoms. The van der Waals surface area contributed by atoms with Gasteiger partial charge in [0.1, 0.15) is 4.90 Å². The molecule has 4 nitrogen and oxygen atoms in total. The zero-order valence-electron chi connectivity index (χ0n) is 11.4. The lowest BCUT2D eigenvalue weighted by molar-refractivity contribution is 0.509. The lowest BCUT2D eigenvalue weighted by Crippen LogP contribution is -2.17. The minimum atomic E-state index is -3.99. The van der Waals surface area contributed by atoms with Crippen molar-refractivity contribution in [3.8, 4) is 0 Å². The largest absolute Gasteiger partial charge is 0.398 e. The quantitative estimate of drug-likeness (QED) is 0.856. The summed E-state index contributed by atoms with van der Waals surface area (Å²) in [5, 5.41) is 0. The Labute approximate surface area is 121 Å². The fraction of sp³-hybridized carbons (Fsp3) is 0.143. The minimum Gasteiger partial charge on any atom is -0.398 e. The Balaban J connectivity index is 2.48. The molecule has 0 radical (unpaired) electrons. The molecule has 0 bridgehead atoms. The van der Waals surface area contributed by atoms with Crippen LogP contribution in [0.5, 0.6) is 0 Å². The van der Waals surface area contributed by atoms with Crippen molar-refractivity contribution in [1.29, 1.82) is 0 Å². The third-order valence-corrected chi connectivity index (χ3v) is 4.73. The molecular formula is C14H14F2N2O2S. The maximum atomic E-state index is 13.1. The zero-order valence-corrected chi connectivity index (χ0v) is 12.3. The van der Waals surface area contributed by atoms with Crippen LogP contribution in [0.2, 0.25) is 0 Å². The van der Waals surface area contributed by atoms with E-state index in [0.717, 1.165) is 23.8 Å². The van der Waals surface area contributed by atoms with Gasteiger partial charge < -0.3 is 5.73 Å². The van der Waals surface area contributed by atoms with Crippen LogP contribution in [-0.4, -0.2) is 8.42 Å². The Morgan fingerprint density at radius 1 is 1.05 bits per heavy atom. The molecule has 0 aliphatic carbocycles. The number of halogens is 2. The molecule has 0 heterocycles. The number of benzene rings is 2. The second-order valence-corrected chi connectivity index (χ2v) is 6.28. The molecule has 112 valence electrons. The van der Waals surface area contributed by atoms with Crippen molar-refractivity contribution in [3.05, 3.63) is 53.1 Å². The Kier molecular flexibility index (Phi) is 3.87. The molecule has 3 N–H and O–H groups in total. The van der Waals surface area contributed by atoms with Gasteiger partial charge in [0.15, 0.2) is 11.6 Å². The molecule has 7 heteroatoms. The third kappa shape index (κ3) is 2.97. The van der Waals surface area contributed by atoms with Gasteiger partial charge in [-0.15, -0.1) is 0 Å². The van der Waals surface area contributed by atoms with Gasteiger partial charge in [0, 0.05) is 6.07 Å². The fourth-order valence-electron chi connectivity index (χ4n) is 1.93. The summed E-state index contributed by atoms with van der Waals surface area (Å²) < 4.78 is 53.0. The van der Waals surface area contributed by atoms with E-state index in [1.165, 1.54) is 6.07 Å². The van der Waals surface area contributed by atoms with Crippen molar-refractivity contribution in [1.82, 2.24) is 0 Å². The predicted molar refractivity (Wildman–Crippen MR) is 77.5 cm³/mol. The Bertz CT molecular complexity index is 805. The smallest absolute Gasteiger partial charge is 0.264 e. The maximum absolute atomic E-state index is 13.1. The summed E-state index contributed by atoms with van der Waals surface area (Å²) in [6.45, 7) is 3.39. The van der Waals surface area contributed by atoms with E-state index >= 15 is 0 Å². The summed E-state index contributed by atoms with van der Waals surface area (Å²) in [5.74, 6) is -2.19. The topological polar surface area (TPSA) is 72.2 Å². The number of anilines is 2. The Morgan fingerprint density at radius 2 is 1.71 bits per heavy atom. The number of nitrogens with one attached hydrogen (secondary N) is 1.